The fraction of sp³-hybridized carbons (Fsp3) is 0.0526. The lowest BCUT2D eigenvalue weighted by atomic mass is 9.94. The lowest BCUT2D eigenvalue weighted by Crippen LogP contribution is -2.22. The van der Waals surface area contributed by atoms with Gasteiger partial charge in [-0.2, -0.15) is 0 Å². The van der Waals surface area contributed by atoms with Crippen molar-refractivity contribution in [2.24, 2.45) is 11.5 Å². The number of hydrogen-bond donors (Lipinski definition) is 5. The number of carboxylic acids is 1. The zero-order valence-electron chi connectivity index (χ0n) is 14.3. The molecule has 0 spiro atoms. The predicted octanol–water partition coefficient (Wildman–Crippen LogP) is 1.83. The van der Waals surface area contributed by atoms with Crippen LogP contribution in [0.5, 0.6) is 0 Å². The maximum absolute atomic E-state index is 11.7. The molecule has 1 unspecified atom stereocenters. The summed E-state index contributed by atoms with van der Waals surface area (Å²) in [6.07, 6.45) is 1.50. The van der Waals surface area contributed by atoms with Crippen LogP contribution in [0.4, 0.5) is 0 Å². The van der Waals surface area contributed by atoms with Crippen molar-refractivity contribution in [1.82, 2.24) is 9.55 Å². The second-order valence-electron chi connectivity index (χ2n) is 6.00. The molecule has 0 amide bonds. The summed E-state index contributed by atoms with van der Waals surface area (Å²) in [4.78, 5) is 16.0. The third-order valence-electron chi connectivity index (χ3n) is 4.31. The molecule has 1 atom stereocenters. The molecular formula is C19H18N6O2. The van der Waals surface area contributed by atoms with Crippen molar-refractivity contribution in [2.45, 2.75) is 6.04 Å². The molecule has 0 bridgehead atoms. The quantitative estimate of drug-likeness (QED) is 0.257. The Morgan fingerprint density at radius 1 is 1.15 bits per heavy atom. The molecule has 8 nitrogen and oxygen atoms in total. The number of amidine groups is 2. The van der Waals surface area contributed by atoms with Gasteiger partial charge in [0, 0.05) is 11.1 Å². The Balaban J connectivity index is 2.26. The third kappa shape index (κ3) is 3.15. The van der Waals surface area contributed by atoms with Gasteiger partial charge in [-0.15, -0.1) is 0 Å². The standard InChI is InChI=1S/C19H18N6O2/c1-10(19(26)27)16(12-4-2-3-5-13(12)18(22)23)25-9-24-14-8-11(17(20)21)6-7-15(14)25/h2-9,16H,1H2,(H3,20,21)(H3,22,23)(H,26,27). The number of nitrogens with zero attached hydrogens (tertiary/aromatic N) is 2. The number of nitrogens with one attached hydrogen (secondary N) is 2. The van der Waals surface area contributed by atoms with E-state index in [4.69, 9.17) is 22.3 Å². The summed E-state index contributed by atoms with van der Waals surface area (Å²) in [7, 11) is 0. The second kappa shape index (κ2) is 6.75. The van der Waals surface area contributed by atoms with Gasteiger partial charge >= 0.3 is 5.97 Å². The fourth-order valence-electron chi connectivity index (χ4n) is 3.01. The number of nitrogen functional groups attached to an aromatic ring is 2. The minimum atomic E-state index is -1.17. The largest absolute Gasteiger partial charge is 0.478 e. The molecule has 1 aromatic heterocycles. The highest BCUT2D eigenvalue weighted by atomic mass is 16.4. The van der Waals surface area contributed by atoms with E-state index in [0.717, 1.165) is 0 Å². The molecule has 0 saturated carbocycles. The summed E-state index contributed by atoms with van der Waals surface area (Å²) < 4.78 is 1.66. The number of aromatic nitrogens is 2. The highest BCUT2D eigenvalue weighted by Gasteiger charge is 2.26. The van der Waals surface area contributed by atoms with Gasteiger partial charge in [0.25, 0.3) is 0 Å². The Morgan fingerprint density at radius 3 is 2.48 bits per heavy atom. The van der Waals surface area contributed by atoms with Crippen molar-refractivity contribution in [3.63, 3.8) is 0 Å². The molecule has 1 heterocycles. The number of aliphatic carboxylic acids is 1. The molecule has 27 heavy (non-hydrogen) atoms. The van der Waals surface area contributed by atoms with Crippen LogP contribution in [-0.2, 0) is 4.79 Å². The Kier molecular flexibility index (Phi) is 4.47. The van der Waals surface area contributed by atoms with Crippen LogP contribution >= 0.6 is 0 Å². The molecule has 8 heteroatoms. The topological polar surface area (TPSA) is 155 Å². The summed E-state index contributed by atoms with van der Waals surface area (Å²) in [5.74, 6) is -1.42. The Labute approximate surface area is 154 Å². The van der Waals surface area contributed by atoms with Gasteiger partial charge < -0.3 is 21.1 Å². The van der Waals surface area contributed by atoms with Crippen LogP contribution in [0.1, 0.15) is 22.7 Å². The van der Waals surface area contributed by atoms with Gasteiger partial charge in [-0.25, -0.2) is 9.78 Å². The van der Waals surface area contributed by atoms with Gasteiger partial charge in [-0.3, -0.25) is 10.8 Å². The van der Waals surface area contributed by atoms with Crippen LogP contribution in [0, 0.1) is 10.8 Å². The number of fused-ring (bicyclic) bond motifs is 1. The van der Waals surface area contributed by atoms with E-state index in [1.165, 1.54) is 6.33 Å². The number of benzene rings is 2. The van der Waals surface area contributed by atoms with Gasteiger partial charge in [0.2, 0.25) is 0 Å². The first-order valence-corrected chi connectivity index (χ1v) is 7.97. The maximum Gasteiger partial charge on any atom is 0.333 e. The Hall–Kier alpha value is -3.94. The smallest absolute Gasteiger partial charge is 0.333 e. The summed E-state index contributed by atoms with van der Waals surface area (Å²) >= 11 is 0. The summed E-state index contributed by atoms with van der Waals surface area (Å²) in [6.45, 7) is 3.73. The molecule has 0 radical (unpaired) electrons. The highest BCUT2D eigenvalue weighted by molar-refractivity contribution is 5.99. The summed E-state index contributed by atoms with van der Waals surface area (Å²) in [5, 5.41) is 24.9. The second-order valence-corrected chi connectivity index (χ2v) is 6.00. The average Bonchev–Trinajstić information content (AvgIpc) is 3.05. The number of nitrogens with two attached hydrogens (primary N) is 2. The van der Waals surface area contributed by atoms with Crippen molar-refractivity contribution in [3.8, 4) is 0 Å². The van der Waals surface area contributed by atoms with Crippen molar-refractivity contribution < 1.29 is 9.90 Å². The fourth-order valence-corrected chi connectivity index (χ4v) is 3.01. The van der Waals surface area contributed by atoms with E-state index in [0.29, 0.717) is 27.7 Å². The van der Waals surface area contributed by atoms with E-state index >= 15 is 0 Å². The minimum absolute atomic E-state index is 0.0835. The third-order valence-corrected chi connectivity index (χ3v) is 4.31. The van der Waals surface area contributed by atoms with E-state index in [-0.39, 0.29) is 17.2 Å². The van der Waals surface area contributed by atoms with Crippen LogP contribution in [0.15, 0.2) is 60.9 Å². The first-order chi connectivity index (χ1) is 12.8. The molecule has 2 aromatic carbocycles. The van der Waals surface area contributed by atoms with E-state index < -0.39 is 12.0 Å². The minimum Gasteiger partial charge on any atom is -0.478 e. The van der Waals surface area contributed by atoms with Crippen LogP contribution in [-0.4, -0.2) is 32.3 Å². The van der Waals surface area contributed by atoms with Crippen molar-refractivity contribution in [1.29, 1.82) is 10.8 Å². The molecule has 3 aromatic rings. The van der Waals surface area contributed by atoms with E-state index in [1.54, 1.807) is 47.0 Å². The van der Waals surface area contributed by atoms with Gasteiger partial charge in [-0.05, 0) is 23.8 Å². The molecule has 0 aliphatic carbocycles. The zero-order valence-corrected chi connectivity index (χ0v) is 14.3. The van der Waals surface area contributed by atoms with Gasteiger partial charge in [0.1, 0.15) is 11.7 Å². The van der Waals surface area contributed by atoms with E-state index in [2.05, 4.69) is 11.6 Å². The number of carbonyl (C=O) groups is 1. The van der Waals surface area contributed by atoms with Crippen LogP contribution in [0.25, 0.3) is 11.0 Å². The molecule has 7 N–H and O–H groups in total. The normalized spacial score (nSPS) is 11.9. The molecule has 0 fully saturated rings. The highest BCUT2D eigenvalue weighted by Crippen LogP contribution is 2.31. The molecule has 0 aliphatic rings. The monoisotopic (exact) mass is 362 g/mol. The number of hydrogen-bond acceptors (Lipinski definition) is 4. The lowest BCUT2D eigenvalue weighted by Gasteiger charge is -2.22. The molecule has 0 aliphatic heterocycles. The van der Waals surface area contributed by atoms with E-state index in [1.807, 2.05) is 0 Å². The first-order valence-electron chi connectivity index (χ1n) is 7.97. The van der Waals surface area contributed by atoms with Crippen molar-refractivity contribution in [3.05, 3.63) is 77.6 Å². The zero-order chi connectivity index (χ0) is 19.7. The summed E-state index contributed by atoms with van der Waals surface area (Å²) in [6, 6.07) is 11.1. The molecule has 136 valence electrons. The van der Waals surface area contributed by atoms with Crippen LogP contribution in [0.3, 0.4) is 0 Å². The Morgan fingerprint density at radius 2 is 1.85 bits per heavy atom. The molecule has 0 saturated heterocycles. The van der Waals surface area contributed by atoms with Crippen LogP contribution < -0.4 is 11.5 Å². The van der Waals surface area contributed by atoms with Gasteiger partial charge in [0.15, 0.2) is 0 Å². The predicted molar refractivity (Wildman–Crippen MR) is 103 cm³/mol. The Bertz CT molecular complexity index is 1100. The lowest BCUT2D eigenvalue weighted by molar-refractivity contribution is -0.133. The van der Waals surface area contributed by atoms with E-state index in [9.17, 15) is 9.90 Å². The van der Waals surface area contributed by atoms with Crippen LogP contribution in [0.2, 0.25) is 0 Å². The van der Waals surface area contributed by atoms with Gasteiger partial charge in [-0.1, -0.05) is 30.8 Å². The number of carboxylic acid groups (broad SMARTS) is 1. The van der Waals surface area contributed by atoms with Gasteiger partial charge in [0.05, 0.1) is 29.0 Å². The first kappa shape index (κ1) is 17.9. The molecule has 3 rings (SSSR count). The van der Waals surface area contributed by atoms with Crippen molar-refractivity contribution >= 4 is 28.7 Å². The number of imidazole rings is 1. The maximum atomic E-state index is 11.7. The van der Waals surface area contributed by atoms with Crippen molar-refractivity contribution in [2.75, 3.05) is 0 Å². The average molecular weight is 362 g/mol. The SMILES string of the molecule is C=C(C(=O)O)C(c1ccccc1C(=N)N)n1cnc2cc(C(=N)N)ccc21. The number of rotatable bonds is 6. The molecular weight excluding hydrogens is 344 g/mol. The summed E-state index contributed by atoms with van der Waals surface area (Å²) in [5.41, 5.74) is 13.8.